The van der Waals surface area contributed by atoms with Crippen LogP contribution < -0.4 is 15.8 Å². The minimum Gasteiger partial charge on any atom is -0.497 e. The molecule has 0 fully saturated rings. The zero-order chi connectivity index (χ0) is 10.6. The highest BCUT2D eigenvalue weighted by molar-refractivity contribution is 5.55. The van der Waals surface area contributed by atoms with Crippen molar-refractivity contribution in [1.29, 1.82) is 0 Å². The molecule has 1 rings (SSSR count). The van der Waals surface area contributed by atoms with Crippen molar-refractivity contribution < 1.29 is 4.74 Å². The predicted molar refractivity (Wildman–Crippen MR) is 59.6 cm³/mol. The van der Waals surface area contributed by atoms with E-state index in [1.807, 2.05) is 18.2 Å². The molecular formula is C11H18N2O. The number of nitrogens with one attached hydrogen (secondary N) is 1. The van der Waals surface area contributed by atoms with Crippen molar-refractivity contribution in [3.63, 3.8) is 0 Å². The molecule has 0 saturated heterocycles. The van der Waals surface area contributed by atoms with E-state index in [9.17, 15) is 0 Å². The third kappa shape index (κ3) is 2.64. The molecule has 0 aliphatic carbocycles. The van der Waals surface area contributed by atoms with Crippen molar-refractivity contribution in [1.82, 2.24) is 0 Å². The van der Waals surface area contributed by atoms with Gasteiger partial charge in [0.2, 0.25) is 0 Å². The monoisotopic (exact) mass is 194 g/mol. The molecule has 0 aliphatic rings. The third-order valence-corrected chi connectivity index (χ3v) is 1.98. The summed E-state index contributed by atoms with van der Waals surface area (Å²) >= 11 is 0. The Bertz CT molecular complexity index is 297. The van der Waals surface area contributed by atoms with Crippen molar-refractivity contribution >= 4 is 5.69 Å². The first-order valence-electron chi connectivity index (χ1n) is 4.81. The SMILES string of the molecule is COc1ccc(CN)c(NC(C)C)c1. The van der Waals surface area contributed by atoms with Crippen LogP contribution in [0.4, 0.5) is 5.69 Å². The van der Waals surface area contributed by atoms with Gasteiger partial charge in [0.25, 0.3) is 0 Å². The second-order valence-corrected chi connectivity index (χ2v) is 3.53. The molecule has 3 nitrogen and oxygen atoms in total. The molecule has 0 atom stereocenters. The molecule has 0 aliphatic heterocycles. The Kier molecular flexibility index (Phi) is 3.77. The van der Waals surface area contributed by atoms with Crippen LogP contribution in [0.2, 0.25) is 0 Å². The quantitative estimate of drug-likeness (QED) is 0.770. The Balaban J connectivity index is 2.96. The van der Waals surface area contributed by atoms with Crippen LogP contribution in [-0.4, -0.2) is 13.2 Å². The van der Waals surface area contributed by atoms with Crippen LogP contribution in [0.1, 0.15) is 19.4 Å². The summed E-state index contributed by atoms with van der Waals surface area (Å²) in [6.45, 7) is 4.73. The van der Waals surface area contributed by atoms with Crippen LogP contribution in [-0.2, 0) is 6.54 Å². The summed E-state index contributed by atoms with van der Waals surface area (Å²) < 4.78 is 5.16. The molecule has 0 aromatic heterocycles. The van der Waals surface area contributed by atoms with Gasteiger partial charge in [0.15, 0.2) is 0 Å². The second kappa shape index (κ2) is 4.86. The molecule has 0 radical (unpaired) electrons. The predicted octanol–water partition coefficient (Wildman–Crippen LogP) is 1.97. The Labute approximate surface area is 85.3 Å². The van der Waals surface area contributed by atoms with Gasteiger partial charge in [0.1, 0.15) is 5.75 Å². The fourth-order valence-corrected chi connectivity index (χ4v) is 1.31. The number of ether oxygens (including phenoxy) is 1. The average Bonchev–Trinajstić information content (AvgIpc) is 2.16. The summed E-state index contributed by atoms with van der Waals surface area (Å²) in [6.07, 6.45) is 0. The standard InChI is InChI=1S/C11H18N2O/c1-8(2)13-11-6-10(14-3)5-4-9(11)7-12/h4-6,8,13H,7,12H2,1-3H3. The first-order valence-corrected chi connectivity index (χ1v) is 4.81. The Morgan fingerprint density at radius 3 is 2.64 bits per heavy atom. The van der Waals surface area contributed by atoms with Gasteiger partial charge in [-0.15, -0.1) is 0 Å². The maximum atomic E-state index is 5.64. The van der Waals surface area contributed by atoms with Crippen LogP contribution in [0.3, 0.4) is 0 Å². The van der Waals surface area contributed by atoms with Gasteiger partial charge in [-0.1, -0.05) is 6.07 Å². The van der Waals surface area contributed by atoms with Crippen LogP contribution in [0, 0.1) is 0 Å². The van der Waals surface area contributed by atoms with Gasteiger partial charge < -0.3 is 15.8 Å². The van der Waals surface area contributed by atoms with Crippen molar-refractivity contribution in [2.24, 2.45) is 5.73 Å². The Morgan fingerprint density at radius 1 is 1.43 bits per heavy atom. The number of hydrogen-bond acceptors (Lipinski definition) is 3. The number of nitrogens with two attached hydrogens (primary N) is 1. The largest absolute Gasteiger partial charge is 0.497 e. The number of benzene rings is 1. The van der Waals surface area contributed by atoms with Crippen molar-refractivity contribution in [3.8, 4) is 5.75 Å². The second-order valence-electron chi connectivity index (χ2n) is 3.53. The number of methoxy groups -OCH3 is 1. The van der Waals surface area contributed by atoms with E-state index < -0.39 is 0 Å². The summed E-state index contributed by atoms with van der Waals surface area (Å²) in [6, 6.07) is 6.28. The summed E-state index contributed by atoms with van der Waals surface area (Å²) in [7, 11) is 1.66. The highest BCUT2D eigenvalue weighted by Crippen LogP contribution is 2.22. The molecule has 0 bridgehead atoms. The normalized spacial score (nSPS) is 10.4. The minimum absolute atomic E-state index is 0.396. The number of hydrogen-bond donors (Lipinski definition) is 2. The van der Waals surface area contributed by atoms with E-state index in [1.54, 1.807) is 7.11 Å². The first kappa shape index (κ1) is 10.9. The first-order chi connectivity index (χ1) is 6.67. The van der Waals surface area contributed by atoms with E-state index in [1.165, 1.54) is 0 Å². The molecule has 78 valence electrons. The third-order valence-electron chi connectivity index (χ3n) is 1.98. The van der Waals surface area contributed by atoms with Gasteiger partial charge in [0.05, 0.1) is 7.11 Å². The van der Waals surface area contributed by atoms with Crippen LogP contribution in [0.5, 0.6) is 5.75 Å². The van der Waals surface area contributed by atoms with Crippen molar-refractivity contribution in [3.05, 3.63) is 23.8 Å². The highest BCUT2D eigenvalue weighted by atomic mass is 16.5. The van der Waals surface area contributed by atoms with Gasteiger partial charge in [-0.25, -0.2) is 0 Å². The lowest BCUT2D eigenvalue weighted by Gasteiger charge is -2.14. The van der Waals surface area contributed by atoms with E-state index in [-0.39, 0.29) is 0 Å². The number of rotatable bonds is 4. The van der Waals surface area contributed by atoms with E-state index in [2.05, 4.69) is 19.2 Å². The van der Waals surface area contributed by atoms with Crippen LogP contribution >= 0.6 is 0 Å². The molecule has 1 aromatic rings. The summed E-state index contributed by atoms with van der Waals surface area (Å²) in [5.41, 5.74) is 7.80. The smallest absolute Gasteiger partial charge is 0.120 e. The molecule has 14 heavy (non-hydrogen) atoms. The van der Waals surface area contributed by atoms with E-state index in [0.29, 0.717) is 12.6 Å². The summed E-state index contributed by atoms with van der Waals surface area (Å²) in [5.74, 6) is 0.852. The molecular weight excluding hydrogens is 176 g/mol. The van der Waals surface area contributed by atoms with E-state index in [0.717, 1.165) is 17.0 Å². The lowest BCUT2D eigenvalue weighted by atomic mass is 10.1. The fourth-order valence-electron chi connectivity index (χ4n) is 1.31. The topological polar surface area (TPSA) is 47.3 Å². The highest BCUT2D eigenvalue weighted by Gasteiger charge is 2.03. The minimum atomic E-state index is 0.396. The molecule has 0 heterocycles. The Morgan fingerprint density at radius 2 is 2.14 bits per heavy atom. The maximum absolute atomic E-state index is 5.64. The molecule has 3 heteroatoms. The molecule has 0 spiro atoms. The number of anilines is 1. The fraction of sp³-hybridized carbons (Fsp3) is 0.455. The molecule has 0 amide bonds. The van der Waals surface area contributed by atoms with Gasteiger partial charge >= 0.3 is 0 Å². The van der Waals surface area contributed by atoms with E-state index >= 15 is 0 Å². The maximum Gasteiger partial charge on any atom is 0.120 e. The summed E-state index contributed by atoms with van der Waals surface area (Å²) in [4.78, 5) is 0. The average molecular weight is 194 g/mol. The van der Waals surface area contributed by atoms with Crippen molar-refractivity contribution in [2.45, 2.75) is 26.4 Å². The van der Waals surface area contributed by atoms with Crippen molar-refractivity contribution in [2.75, 3.05) is 12.4 Å². The molecule has 3 N–H and O–H groups in total. The molecule has 0 saturated carbocycles. The van der Waals surface area contributed by atoms with Gasteiger partial charge in [-0.3, -0.25) is 0 Å². The van der Waals surface area contributed by atoms with Gasteiger partial charge in [0, 0.05) is 24.3 Å². The Hall–Kier alpha value is -1.22. The van der Waals surface area contributed by atoms with Crippen LogP contribution in [0.15, 0.2) is 18.2 Å². The zero-order valence-corrected chi connectivity index (χ0v) is 9.00. The van der Waals surface area contributed by atoms with E-state index in [4.69, 9.17) is 10.5 Å². The molecule has 1 aromatic carbocycles. The lowest BCUT2D eigenvalue weighted by Crippen LogP contribution is -2.12. The lowest BCUT2D eigenvalue weighted by molar-refractivity contribution is 0.415. The van der Waals surface area contributed by atoms with Gasteiger partial charge in [-0.2, -0.15) is 0 Å². The van der Waals surface area contributed by atoms with Gasteiger partial charge in [-0.05, 0) is 25.5 Å². The zero-order valence-electron chi connectivity index (χ0n) is 9.00. The summed E-state index contributed by atoms with van der Waals surface area (Å²) in [5, 5.41) is 3.34. The van der Waals surface area contributed by atoms with Crippen LogP contribution in [0.25, 0.3) is 0 Å². The molecule has 0 unspecified atom stereocenters.